The van der Waals surface area contributed by atoms with Crippen molar-refractivity contribution in [2.75, 3.05) is 13.1 Å². The minimum atomic E-state index is -1.88. The van der Waals surface area contributed by atoms with Crippen LogP contribution in [0.5, 0.6) is 23.0 Å². The van der Waals surface area contributed by atoms with Crippen molar-refractivity contribution in [2.45, 2.75) is 13.1 Å². The smallest absolute Gasteiger partial charge is 0.323 e. The molecule has 0 aliphatic heterocycles. The Hall–Kier alpha value is -6.70. The zero-order chi connectivity index (χ0) is 37.4. The van der Waals surface area contributed by atoms with E-state index < -0.39 is 72.5 Å². The lowest BCUT2D eigenvalue weighted by Gasteiger charge is -2.48. The van der Waals surface area contributed by atoms with Crippen molar-refractivity contribution in [2.24, 2.45) is 23.7 Å². The standard InChI is InChI=1S/C38H34N2O12/c41-29(42)21-39(19-23-11-15-27(16-12-23)51-25-7-3-1-4-8-25)35(45)31-33(37(47)48)32(34(31)38(49)50)36(46)40(22-30(43)44)20-24-13-17-28(18-14-24)52-26-9-5-2-6-10-26/h1-18,31-34H,19-22H2,(H,41,42)(H,43,44)(H,47,48)(H,49,50). The largest absolute Gasteiger partial charge is 0.481 e. The summed E-state index contributed by atoms with van der Waals surface area (Å²) in [6, 6.07) is 30.4. The summed E-state index contributed by atoms with van der Waals surface area (Å²) in [5.41, 5.74) is 0.877. The zero-order valence-corrected chi connectivity index (χ0v) is 27.5. The van der Waals surface area contributed by atoms with E-state index in [4.69, 9.17) is 9.47 Å². The van der Waals surface area contributed by atoms with Crippen LogP contribution in [0.1, 0.15) is 11.1 Å². The second-order valence-corrected chi connectivity index (χ2v) is 12.1. The van der Waals surface area contributed by atoms with Crippen LogP contribution < -0.4 is 9.47 Å². The van der Waals surface area contributed by atoms with Gasteiger partial charge in [-0.15, -0.1) is 0 Å². The van der Waals surface area contributed by atoms with E-state index in [1.165, 1.54) is 0 Å². The number of ether oxygens (including phenoxy) is 2. The zero-order valence-electron chi connectivity index (χ0n) is 27.5. The predicted octanol–water partition coefficient (Wildman–Crippen LogP) is 4.45. The summed E-state index contributed by atoms with van der Waals surface area (Å²) in [5.74, 6) is -13.7. The predicted molar refractivity (Wildman–Crippen MR) is 181 cm³/mol. The summed E-state index contributed by atoms with van der Waals surface area (Å²) in [7, 11) is 0. The summed E-state index contributed by atoms with van der Waals surface area (Å²) < 4.78 is 11.5. The average Bonchev–Trinajstić information content (AvgIpc) is 3.09. The number of benzene rings is 4. The Morgan fingerprint density at radius 1 is 0.442 bits per heavy atom. The number of rotatable bonds is 16. The molecule has 5 rings (SSSR count). The molecule has 1 saturated carbocycles. The quantitative estimate of drug-likeness (QED) is 0.127. The fourth-order valence-corrected chi connectivity index (χ4v) is 6.16. The Balaban J connectivity index is 1.35. The lowest BCUT2D eigenvalue weighted by atomic mass is 9.55. The first-order chi connectivity index (χ1) is 24.9. The first kappa shape index (κ1) is 36.6. The lowest BCUT2D eigenvalue weighted by Crippen LogP contribution is -2.64. The third-order valence-corrected chi connectivity index (χ3v) is 8.52. The van der Waals surface area contributed by atoms with Gasteiger partial charge in [0.2, 0.25) is 11.8 Å². The highest BCUT2D eigenvalue weighted by Gasteiger charge is 2.65. The Bertz CT molecular complexity index is 1770. The van der Waals surface area contributed by atoms with E-state index >= 15 is 0 Å². The lowest BCUT2D eigenvalue weighted by molar-refractivity contribution is -0.188. The van der Waals surface area contributed by atoms with E-state index in [-0.39, 0.29) is 13.1 Å². The monoisotopic (exact) mass is 710 g/mol. The van der Waals surface area contributed by atoms with Crippen LogP contribution >= 0.6 is 0 Å². The first-order valence-corrected chi connectivity index (χ1v) is 16.0. The number of amides is 2. The summed E-state index contributed by atoms with van der Waals surface area (Å²) in [6.45, 7) is -2.41. The third-order valence-electron chi connectivity index (χ3n) is 8.52. The highest BCUT2D eigenvalue weighted by Crippen LogP contribution is 2.49. The maximum Gasteiger partial charge on any atom is 0.323 e. The average molecular weight is 711 g/mol. The number of carbonyl (C=O) groups excluding carboxylic acids is 2. The van der Waals surface area contributed by atoms with Gasteiger partial charge < -0.3 is 39.7 Å². The van der Waals surface area contributed by atoms with E-state index in [0.29, 0.717) is 34.1 Å². The van der Waals surface area contributed by atoms with E-state index in [9.17, 15) is 49.2 Å². The van der Waals surface area contributed by atoms with Crippen molar-refractivity contribution in [3.05, 3.63) is 120 Å². The Labute approximate surface area is 297 Å². The summed E-state index contributed by atoms with van der Waals surface area (Å²) in [6.07, 6.45) is 0. The van der Waals surface area contributed by atoms with Crippen LogP contribution in [-0.4, -0.2) is 79.0 Å². The fraction of sp³-hybridized carbons (Fsp3) is 0.211. The van der Waals surface area contributed by atoms with Gasteiger partial charge in [0.1, 0.15) is 36.1 Å². The molecule has 2 amide bonds. The van der Waals surface area contributed by atoms with Crippen molar-refractivity contribution in [1.82, 2.24) is 9.80 Å². The highest BCUT2D eigenvalue weighted by molar-refractivity contribution is 6.00. The second kappa shape index (κ2) is 16.3. The number of hydrogen-bond donors (Lipinski definition) is 4. The van der Waals surface area contributed by atoms with Crippen LogP contribution in [0.4, 0.5) is 0 Å². The molecule has 4 aromatic carbocycles. The molecule has 0 radical (unpaired) electrons. The third kappa shape index (κ3) is 8.90. The van der Waals surface area contributed by atoms with E-state index in [1.54, 1.807) is 97.1 Å². The van der Waals surface area contributed by atoms with Gasteiger partial charge in [-0.05, 0) is 59.7 Å². The molecule has 4 N–H and O–H groups in total. The van der Waals surface area contributed by atoms with Gasteiger partial charge in [-0.25, -0.2) is 0 Å². The molecular formula is C38H34N2O12. The molecule has 1 fully saturated rings. The van der Waals surface area contributed by atoms with Crippen molar-refractivity contribution in [3.8, 4) is 23.0 Å². The van der Waals surface area contributed by atoms with Gasteiger partial charge in [0, 0.05) is 13.1 Å². The molecule has 0 atom stereocenters. The van der Waals surface area contributed by atoms with Crippen LogP contribution in [0.3, 0.4) is 0 Å². The maximum atomic E-state index is 13.9. The first-order valence-electron chi connectivity index (χ1n) is 16.0. The van der Waals surface area contributed by atoms with E-state index in [0.717, 1.165) is 9.80 Å². The Kier molecular flexibility index (Phi) is 11.5. The molecule has 268 valence electrons. The maximum absolute atomic E-state index is 13.9. The molecule has 0 saturated heterocycles. The van der Waals surface area contributed by atoms with Gasteiger partial charge in [-0.1, -0.05) is 60.7 Å². The molecule has 0 unspecified atom stereocenters. The van der Waals surface area contributed by atoms with Crippen LogP contribution in [0.2, 0.25) is 0 Å². The minimum Gasteiger partial charge on any atom is -0.481 e. The van der Waals surface area contributed by atoms with Crippen LogP contribution in [-0.2, 0) is 41.9 Å². The highest BCUT2D eigenvalue weighted by atomic mass is 16.5. The number of nitrogens with zero attached hydrogens (tertiary/aromatic N) is 2. The SMILES string of the molecule is O=C(O)CN(Cc1ccc(Oc2ccccc2)cc1)C(=O)C1C(C(=O)O)C(C(=O)N(CC(=O)O)Cc2ccc(Oc3ccccc3)cc2)C1C(=O)O. The van der Waals surface area contributed by atoms with Gasteiger partial charge in [0.15, 0.2) is 0 Å². The Morgan fingerprint density at radius 2 is 0.750 bits per heavy atom. The molecule has 52 heavy (non-hydrogen) atoms. The summed E-state index contributed by atoms with van der Waals surface area (Å²) in [5, 5.41) is 39.6. The van der Waals surface area contributed by atoms with Gasteiger partial charge in [0.25, 0.3) is 0 Å². The number of hydrogen-bond acceptors (Lipinski definition) is 8. The fourth-order valence-electron chi connectivity index (χ4n) is 6.16. The van der Waals surface area contributed by atoms with Crippen molar-refractivity contribution in [3.63, 3.8) is 0 Å². The molecule has 1 aliphatic rings. The Morgan fingerprint density at radius 3 is 1.04 bits per heavy atom. The molecule has 4 aromatic rings. The molecule has 0 heterocycles. The number of carbonyl (C=O) groups is 6. The molecular weight excluding hydrogens is 676 g/mol. The molecule has 1 aliphatic carbocycles. The molecule has 14 nitrogen and oxygen atoms in total. The van der Waals surface area contributed by atoms with Crippen LogP contribution in [0, 0.1) is 23.7 Å². The van der Waals surface area contributed by atoms with Crippen LogP contribution in [0.25, 0.3) is 0 Å². The molecule has 14 heteroatoms. The number of carboxylic acids is 4. The summed E-state index contributed by atoms with van der Waals surface area (Å²) >= 11 is 0. The van der Waals surface area contributed by atoms with Crippen molar-refractivity contribution < 1.29 is 58.7 Å². The summed E-state index contributed by atoms with van der Waals surface area (Å²) in [4.78, 5) is 78.1. The molecule has 0 aromatic heterocycles. The minimum absolute atomic E-state index is 0.320. The van der Waals surface area contributed by atoms with Gasteiger partial charge in [0.05, 0.1) is 23.7 Å². The van der Waals surface area contributed by atoms with E-state index in [1.807, 2.05) is 12.1 Å². The molecule has 0 bridgehead atoms. The van der Waals surface area contributed by atoms with Crippen LogP contribution in [0.15, 0.2) is 109 Å². The number of aliphatic carboxylic acids is 4. The van der Waals surface area contributed by atoms with E-state index in [2.05, 4.69) is 0 Å². The normalized spacial score (nSPS) is 17.5. The number of para-hydroxylation sites is 2. The van der Waals surface area contributed by atoms with Gasteiger partial charge in [-0.2, -0.15) is 0 Å². The van der Waals surface area contributed by atoms with Gasteiger partial charge >= 0.3 is 23.9 Å². The topological polar surface area (TPSA) is 208 Å². The van der Waals surface area contributed by atoms with Gasteiger partial charge in [-0.3, -0.25) is 28.8 Å². The van der Waals surface area contributed by atoms with Crippen molar-refractivity contribution >= 4 is 35.7 Å². The number of carboxylic acid groups (broad SMARTS) is 4. The van der Waals surface area contributed by atoms with Crippen molar-refractivity contribution in [1.29, 1.82) is 0 Å². The molecule has 0 spiro atoms. The second-order valence-electron chi connectivity index (χ2n) is 12.1.